The van der Waals surface area contributed by atoms with E-state index < -0.39 is 0 Å². The maximum Gasteiger partial charge on any atom is 0.261 e. The van der Waals surface area contributed by atoms with Crippen LogP contribution in [-0.4, -0.2) is 11.7 Å². The smallest absolute Gasteiger partial charge is 0.261 e. The van der Waals surface area contributed by atoms with E-state index in [0.29, 0.717) is 0 Å². The number of rotatable bonds is 2. The lowest BCUT2D eigenvalue weighted by Crippen LogP contribution is -2.63. The van der Waals surface area contributed by atoms with Gasteiger partial charge in [0.1, 0.15) is 17.3 Å². The number of anilines is 6. The number of pyridine rings is 1. The molecule has 5 aromatic rings. The fraction of sp³-hybridized carbons (Fsp3) is 0.0645. The lowest BCUT2D eigenvalue weighted by atomic mass is 9.32. The number of hydrogen-bond acceptors (Lipinski definition) is 4. The zero-order chi connectivity index (χ0) is 24.0. The molecule has 1 aromatic heterocycles. The lowest BCUT2D eigenvalue weighted by molar-refractivity contribution is 0.487. The average Bonchev–Trinajstić information content (AvgIpc) is 2.91. The molecule has 0 saturated carbocycles. The van der Waals surface area contributed by atoms with E-state index in [9.17, 15) is 0 Å². The largest absolute Gasteiger partial charge is 0.458 e. The molecular formula is C31H22BN3O. The van der Waals surface area contributed by atoms with Crippen molar-refractivity contribution in [2.75, 3.05) is 9.80 Å². The highest BCUT2D eigenvalue weighted by atomic mass is 16.5. The molecule has 0 radical (unpaired) electrons. The number of nitrogens with zero attached hydrogens (tertiary/aromatic N) is 3. The number of benzene rings is 4. The highest BCUT2D eigenvalue weighted by Gasteiger charge is 2.48. The van der Waals surface area contributed by atoms with E-state index in [4.69, 9.17) is 9.72 Å². The maximum atomic E-state index is 6.59. The molecule has 4 nitrogen and oxygen atoms in total. The normalized spacial score (nSPS) is 13.9. The number of hydrogen-bond donors (Lipinski definition) is 0. The van der Waals surface area contributed by atoms with Crippen molar-refractivity contribution in [1.29, 1.82) is 0 Å². The number of para-hydroxylation sites is 1. The zero-order valence-corrected chi connectivity index (χ0v) is 20.1. The van der Waals surface area contributed by atoms with Crippen molar-refractivity contribution < 1.29 is 4.74 Å². The first-order chi connectivity index (χ1) is 17.7. The Kier molecular flexibility index (Phi) is 3.85. The Morgan fingerprint density at radius 3 is 1.86 bits per heavy atom. The number of aromatic nitrogens is 1. The Hall–Kier alpha value is -4.51. The SMILES string of the molecule is Cc1cnc(N2c3cccc4c3B3c5c(cccc5N(c5ccccc5)c5cccc2c53)O4)cc1C. The van der Waals surface area contributed by atoms with Crippen LogP contribution in [-0.2, 0) is 0 Å². The second kappa shape index (κ2) is 7.02. The summed E-state index contributed by atoms with van der Waals surface area (Å²) in [5, 5.41) is 0. The van der Waals surface area contributed by atoms with Crippen molar-refractivity contribution in [2.45, 2.75) is 13.8 Å². The molecule has 3 aliphatic rings. The van der Waals surface area contributed by atoms with E-state index in [0.717, 1.165) is 28.7 Å². The summed E-state index contributed by atoms with van der Waals surface area (Å²) in [4.78, 5) is 9.59. The Bertz CT molecular complexity index is 1720. The van der Waals surface area contributed by atoms with Crippen molar-refractivity contribution in [3.05, 3.63) is 108 Å². The topological polar surface area (TPSA) is 28.6 Å². The molecule has 8 rings (SSSR count). The molecule has 0 atom stereocenters. The second-order valence-electron chi connectivity index (χ2n) is 9.76. The van der Waals surface area contributed by atoms with Crippen LogP contribution in [0.4, 0.5) is 34.3 Å². The Balaban J connectivity index is 1.49. The van der Waals surface area contributed by atoms with Gasteiger partial charge in [-0.1, -0.05) is 36.4 Å². The average molecular weight is 463 g/mol. The van der Waals surface area contributed by atoms with Gasteiger partial charge in [-0.3, -0.25) is 4.90 Å². The molecule has 5 heteroatoms. The van der Waals surface area contributed by atoms with Gasteiger partial charge in [-0.15, -0.1) is 0 Å². The first kappa shape index (κ1) is 19.8. The van der Waals surface area contributed by atoms with E-state index in [2.05, 4.69) is 115 Å². The number of aryl methyl sites for hydroxylation is 2. The van der Waals surface area contributed by atoms with E-state index in [-0.39, 0.29) is 6.71 Å². The summed E-state index contributed by atoms with van der Waals surface area (Å²) in [6.45, 7) is 4.36. The van der Waals surface area contributed by atoms with Gasteiger partial charge in [-0.25, -0.2) is 4.98 Å². The summed E-state index contributed by atoms with van der Waals surface area (Å²) in [5.74, 6) is 2.78. The molecule has 0 bridgehead atoms. The van der Waals surface area contributed by atoms with E-state index in [1.54, 1.807) is 0 Å². The lowest BCUT2D eigenvalue weighted by Gasteiger charge is -2.46. The minimum atomic E-state index is 0.102. The minimum absolute atomic E-state index is 0.102. The van der Waals surface area contributed by atoms with Crippen molar-refractivity contribution in [2.24, 2.45) is 0 Å². The quantitative estimate of drug-likeness (QED) is 0.299. The van der Waals surface area contributed by atoms with E-state index in [1.165, 1.54) is 44.6 Å². The monoisotopic (exact) mass is 463 g/mol. The summed E-state index contributed by atoms with van der Waals surface area (Å²) < 4.78 is 6.59. The predicted molar refractivity (Wildman–Crippen MR) is 148 cm³/mol. The van der Waals surface area contributed by atoms with Crippen LogP contribution in [0.5, 0.6) is 11.5 Å². The van der Waals surface area contributed by atoms with Gasteiger partial charge in [-0.2, -0.15) is 0 Å². The van der Waals surface area contributed by atoms with E-state index in [1.807, 2.05) is 6.20 Å². The van der Waals surface area contributed by atoms with Gasteiger partial charge in [0.25, 0.3) is 6.71 Å². The molecule has 0 unspecified atom stereocenters. The molecule has 0 aliphatic carbocycles. The second-order valence-corrected chi connectivity index (χ2v) is 9.76. The van der Waals surface area contributed by atoms with Crippen LogP contribution < -0.4 is 30.9 Å². The summed E-state index contributed by atoms with van der Waals surface area (Å²) in [7, 11) is 0. The first-order valence-electron chi connectivity index (χ1n) is 12.4. The molecule has 0 N–H and O–H groups in total. The van der Waals surface area contributed by atoms with Gasteiger partial charge in [0, 0.05) is 34.6 Å². The summed E-state index contributed by atoms with van der Waals surface area (Å²) in [5.41, 5.74) is 12.0. The highest BCUT2D eigenvalue weighted by Crippen LogP contribution is 2.47. The molecule has 0 fully saturated rings. The van der Waals surface area contributed by atoms with Crippen LogP contribution in [0.2, 0.25) is 0 Å². The Morgan fingerprint density at radius 1 is 0.611 bits per heavy atom. The van der Waals surface area contributed by atoms with Crippen molar-refractivity contribution in [3.63, 3.8) is 0 Å². The molecule has 4 aromatic carbocycles. The molecular weight excluding hydrogens is 441 g/mol. The third kappa shape index (κ3) is 2.47. The van der Waals surface area contributed by atoms with Crippen LogP contribution in [0.25, 0.3) is 0 Å². The Morgan fingerprint density at radius 2 is 1.19 bits per heavy atom. The molecule has 36 heavy (non-hydrogen) atoms. The predicted octanol–water partition coefficient (Wildman–Crippen LogP) is 5.89. The van der Waals surface area contributed by atoms with Crippen LogP contribution in [0.15, 0.2) is 97.2 Å². The summed E-state index contributed by atoms with van der Waals surface area (Å²) in [6.07, 6.45) is 1.97. The summed E-state index contributed by atoms with van der Waals surface area (Å²) >= 11 is 0. The molecule has 0 saturated heterocycles. The van der Waals surface area contributed by atoms with Gasteiger partial charge in [0.15, 0.2) is 0 Å². The zero-order valence-electron chi connectivity index (χ0n) is 20.1. The third-order valence-corrected chi connectivity index (χ3v) is 7.80. The maximum absolute atomic E-state index is 6.59. The van der Waals surface area contributed by atoms with Crippen LogP contribution in [0.3, 0.4) is 0 Å². The molecule has 0 spiro atoms. The third-order valence-electron chi connectivity index (χ3n) is 7.80. The van der Waals surface area contributed by atoms with Crippen LogP contribution in [0.1, 0.15) is 11.1 Å². The summed E-state index contributed by atoms with van der Waals surface area (Å²) in [6, 6.07) is 32.2. The van der Waals surface area contributed by atoms with Crippen molar-refractivity contribution in [3.8, 4) is 11.5 Å². The van der Waals surface area contributed by atoms with Gasteiger partial charge >= 0.3 is 0 Å². The first-order valence-corrected chi connectivity index (χ1v) is 12.4. The van der Waals surface area contributed by atoms with Gasteiger partial charge in [-0.05, 0) is 96.0 Å². The van der Waals surface area contributed by atoms with Gasteiger partial charge in [0.2, 0.25) is 0 Å². The van der Waals surface area contributed by atoms with Crippen LogP contribution in [0, 0.1) is 13.8 Å². The standard InChI is InChI=1S/C31H22BN3O/c1-19-17-28(33-18-20(19)2)35-23-12-6-11-22-29(23)32-30-24(34(22)21-9-4-3-5-10-21)13-7-15-26(30)36-27-16-8-14-25(35)31(27)32/h3-18H,1-2H3. The molecule has 0 amide bonds. The molecule has 170 valence electrons. The highest BCUT2D eigenvalue weighted by molar-refractivity contribution is 7.01. The molecule has 4 heterocycles. The van der Waals surface area contributed by atoms with Crippen LogP contribution >= 0.6 is 0 Å². The Labute approximate surface area is 210 Å². The van der Waals surface area contributed by atoms with E-state index >= 15 is 0 Å². The van der Waals surface area contributed by atoms with Gasteiger partial charge < -0.3 is 9.64 Å². The van der Waals surface area contributed by atoms with Crippen molar-refractivity contribution >= 4 is 57.4 Å². The minimum Gasteiger partial charge on any atom is -0.458 e. The van der Waals surface area contributed by atoms with Crippen molar-refractivity contribution in [1.82, 2.24) is 4.98 Å². The fourth-order valence-corrected chi connectivity index (χ4v) is 6.08. The number of ether oxygens (including phenoxy) is 1. The van der Waals surface area contributed by atoms with Gasteiger partial charge in [0.05, 0.1) is 0 Å². The fourth-order valence-electron chi connectivity index (χ4n) is 6.08. The molecule has 3 aliphatic heterocycles.